The molecule has 6 nitrogen and oxygen atoms in total. The number of amides is 2. The van der Waals surface area contributed by atoms with Crippen LogP contribution in [0.2, 0.25) is 0 Å². The van der Waals surface area contributed by atoms with E-state index in [2.05, 4.69) is 6.92 Å². The third kappa shape index (κ3) is 3.63. The van der Waals surface area contributed by atoms with Gasteiger partial charge in [0.1, 0.15) is 6.04 Å². The predicted octanol–water partition coefficient (Wildman–Crippen LogP) is 1.84. The normalized spacial score (nSPS) is 33.3. The molecule has 4 atom stereocenters. The molecule has 2 unspecified atom stereocenters. The van der Waals surface area contributed by atoms with Crippen molar-refractivity contribution in [2.45, 2.75) is 57.2 Å². The highest BCUT2D eigenvalue weighted by atomic mass is 32.2. The fourth-order valence-corrected chi connectivity index (χ4v) is 4.48. The van der Waals surface area contributed by atoms with Crippen LogP contribution in [0.5, 0.6) is 0 Å². The van der Waals surface area contributed by atoms with Crippen molar-refractivity contribution in [1.82, 2.24) is 9.80 Å². The van der Waals surface area contributed by atoms with Crippen molar-refractivity contribution in [2.75, 3.05) is 18.8 Å². The molecule has 120 valence electrons. The monoisotopic (exact) mass is 316 g/mol. The molecule has 0 radical (unpaired) electrons. The van der Waals surface area contributed by atoms with Crippen LogP contribution in [0, 0.1) is 0 Å². The summed E-state index contributed by atoms with van der Waals surface area (Å²) >= 11 is 1.57. The molecule has 7 heteroatoms. The van der Waals surface area contributed by atoms with Crippen LogP contribution in [0.3, 0.4) is 0 Å². The SMILES string of the molecule is CCCC1SCC(C(=O)O)N1C(=O)N1C[C@@H](C)O[C@@H](C)C1. The predicted molar refractivity (Wildman–Crippen MR) is 81.4 cm³/mol. The van der Waals surface area contributed by atoms with E-state index in [1.807, 2.05) is 13.8 Å². The molecule has 0 aromatic carbocycles. The fourth-order valence-electron chi connectivity index (χ4n) is 2.98. The van der Waals surface area contributed by atoms with Gasteiger partial charge in [-0.3, -0.25) is 4.90 Å². The third-order valence-electron chi connectivity index (χ3n) is 3.82. The summed E-state index contributed by atoms with van der Waals surface area (Å²) in [6.45, 7) is 6.97. The van der Waals surface area contributed by atoms with Crippen molar-refractivity contribution in [3.8, 4) is 0 Å². The number of hydrogen-bond donors (Lipinski definition) is 1. The highest BCUT2D eigenvalue weighted by molar-refractivity contribution is 8.00. The van der Waals surface area contributed by atoms with Gasteiger partial charge >= 0.3 is 12.0 Å². The highest BCUT2D eigenvalue weighted by Gasteiger charge is 2.43. The Morgan fingerprint density at radius 1 is 1.29 bits per heavy atom. The van der Waals surface area contributed by atoms with E-state index >= 15 is 0 Å². The molecule has 0 bridgehead atoms. The molecule has 0 aromatic rings. The van der Waals surface area contributed by atoms with Crippen molar-refractivity contribution in [3.63, 3.8) is 0 Å². The van der Waals surface area contributed by atoms with E-state index in [0.717, 1.165) is 12.8 Å². The summed E-state index contributed by atoms with van der Waals surface area (Å²) in [4.78, 5) is 27.5. The van der Waals surface area contributed by atoms with Crippen LogP contribution in [-0.2, 0) is 9.53 Å². The van der Waals surface area contributed by atoms with Gasteiger partial charge in [-0.25, -0.2) is 9.59 Å². The zero-order valence-electron chi connectivity index (χ0n) is 12.8. The molecule has 2 amide bonds. The molecule has 2 heterocycles. The second-order valence-corrected chi connectivity index (χ2v) is 6.99. The van der Waals surface area contributed by atoms with Crippen LogP contribution in [0.25, 0.3) is 0 Å². The van der Waals surface area contributed by atoms with Crippen LogP contribution in [0.1, 0.15) is 33.6 Å². The van der Waals surface area contributed by atoms with Gasteiger partial charge in [0.15, 0.2) is 0 Å². The lowest BCUT2D eigenvalue weighted by molar-refractivity contribution is -0.141. The van der Waals surface area contributed by atoms with E-state index in [9.17, 15) is 14.7 Å². The number of hydrogen-bond acceptors (Lipinski definition) is 4. The van der Waals surface area contributed by atoms with Crippen molar-refractivity contribution < 1.29 is 19.4 Å². The van der Waals surface area contributed by atoms with E-state index in [4.69, 9.17) is 4.74 Å². The Hall–Kier alpha value is -0.950. The van der Waals surface area contributed by atoms with E-state index in [1.165, 1.54) is 0 Å². The minimum absolute atomic E-state index is 0.0131. The lowest BCUT2D eigenvalue weighted by Crippen LogP contribution is -2.56. The molecule has 1 N–H and O–H groups in total. The first kappa shape index (κ1) is 16.4. The number of carboxylic acids is 1. The molecule has 0 saturated carbocycles. The number of rotatable bonds is 3. The number of morpholine rings is 1. The standard InChI is InChI=1S/C14H24N2O4S/c1-4-5-12-16(11(8-21-12)13(17)18)14(19)15-6-9(2)20-10(3)7-15/h9-12H,4-8H2,1-3H3,(H,17,18)/t9-,10+,11?,12?. The Labute approximate surface area is 129 Å². The van der Waals surface area contributed by atoms with Gasteiger partial charge in [0.25, 0.3) is 0 Å². The molecular formula is C14H24N2O4S. The number of nitrogens with zero attached hydrogens (tertiary/aromatic N) is 2. The highest BCUT2D eigenvalue weighted by Crippen LogP contribution is 2.33. The van der Waals surface area contributed by atoms with Gasteiger partial charge in [-0.15, -0.1) is 11.8 Å². The Morgan fingerprint density at radius 3 is 2.43 bits per heavy atom. The largest absolute Gasteiger partial charge is 0.480 e. The fraction of sp³-hybridized carbons (Fsp3) is 0.857. The van der Waals surface area contributed by atoms with Gasteiger partial charge < -0.3 is 14.7 Å². The van der Waals surface area contributed by atoms with Gasteiger partial charge in [0.2, 0.25) is 0 Å². The second kappa shape index (κ2) is 6.87. The van der Waals surface area contributed by atoms with Gasteiger partial charge in [0, 0.05) is 18.8 Å². The molecular weight excluding hydrogens is 292 g/mol. The van der Waals surface area contributed by atoms with Crippen LogP contribution in [0.15, 0.2) is 0 Å². The number of carboxylic acid groups (broad SMARTS) is 1. The van der Waals surface area contributed by atoms with Crippen LogP contribution in [-0.4, -0.2) is 69.4 Å². The Morgan fingerprint density at radius 2 is 1.90 bits per heavy atom. The molecule has 2 aliphatic rings. The zero-order valence-corrected chi connectivity index (χ0v) is 13.6. The lowest BCUT2D eigenvalue weighted by atomic mass is 10.2. The summed E-state index contributed by atoms with van der Waals surface area (Å²) in [6, 6.07) is -0.875. The van der Waals surface area contributed by atoms with E-state index in [-0.39, 0.29) is 23.6 Å². The maximum Gasteiger partial charge on any atom is 0.327 e. The molecule has 2 fully saturated rings. The van der Waals surface area contributed by atoms with Crippen molar-refractivity contribution >= 4 is 23.8 Å². The molecule has 2 aliphatic heterocycles. The van der Waals surface area contributed by atoms with E-state index < -0.39 is 12.0 Å². The Bertz CT molecular complexity index is 396. The molecule has 2 saturated heterocycles. The Balaban J connectivity index is 2.14. The van der Waals surface area contributed by atoms with Crippen molar-refractivity contribution in [1.29, 1.82) is 0 Å². The second-order valence-electron chi connectivity index (χ2n) is 5.78. The molecule has 21 heavy (non-hydrogen) atoms. The minimum atomic E-state index is -0.913. The van der Waals surface area contributed by atoms with Crippen molar-refractivity contribution in [2.24, 2.45) is 0 Å². The maximum absolute atomic E-state index is 12.8. The summed E-state index contributed by atoms with van der Waals surface area (Å²) in [5.74, 6) is -0.440. The van der Waals surface area contributed by atoms with Gasteiger partial charge in [0.05, 0.1) is 17.6 Å². The smallest absolute Gasteiger partial charge is 0.327 e. The number of ether oxygens (including phenoxy) is 1. The zero-order chi connectivity index (χ0) is 15.6. The number of aliphatic carboxylic acids is 1. The minimum Gasteiger partial charge on any atom is -0.480 e. The number of carbonyl (C=O) groups is 2. The summed E-state index contributed by atoms with van der Waals surface area (Å²) in [5, 5.41) is 9.34. The average Bonchev–Trinajstić information content (AvgIpc) is 2.81. The summed E-state index contributed by atoms with van der Waals surface area (Å²) in [7, 11) is 0. The summed E-state index contributed by atoms with van der Waals surface area (Å²) < 4.78 is 5.64. The molecule has 2 rings (SSSR count). The molecule has 0 aromatic heterocycles. The molecule has 0 aliphatic carbocycles. The maximum atomic E-state index is 12.8. The first-order valence-corrected chi connectivity index (χ1v) is 8.56. The van der Waals surface area contributed by atoms with Gasteiger partial charge in [-0.1, -0.05) is 13.3 Å². The van der Waals surface area contributed by atoms with Crippen molar-refractivity contribution in [3.05, 3.63) is 0 Å². The van der Waals surface area contributed by atoms with Crippen LogP contribution < -0.4 is 0 Å². The first-order valence-electron chi connectivity index (χ1n) is 7.51. The van der Waals surface area contributed by atoms with Gasteiger partial charge in [-0.2, -0.15) is 0 Å². The number of carbonyl (C=O) groups excluding carboxylic acids is 1. The number of urea groups is 1. The lowest BCUT2D eigenvalue weighted by Gasteiger charge is -2.39. The van der Waals surface area contributed by atoms with Crippen LogP contribution >= 0.6 is 11.8 Å². The first-order chi connectivity index (χ1) is 9.93. The van der Waals surface area contributed by atoms with Gasteiger partial charge in [-0.05, 0) is 20.3 Å². The van der Waals surface area contributed by atoms with Crippen LogP contribution in [0.4, 0.5) is 4.79 Å². The Kier molecular flexibility index (Phi) is 5.37. The summed E-state index contributed by atoms with van der Waals surface area (Å²) in [6.07, 6.45) is 1.74. The average molecular weight is 316 g/mol. The van der Waals surface area contributed by atoms with E-state index in [0.29, 0.717) is 18.8 Å². The number of thioether (sulfide) groups is 1. The third-order valence-corrected chi connectivity index (χ3v) is 5.18. The summed E-state index contributed by atoms with van der Waals surface area (Å²) in [5.41, 5.74) is 0. The quantitative estimate of drug-likeness (QED) is 0.860. The topological polar surface area (TPSA) is 70.1 Å². The van der Waals surface area contributed by atoms with E-state index in [1.54, 1.807) is 21.6 Å². The molecule has 0 spiro atoms.